The summed E-state index contributed by atoms with van der Waals surface area (Å²) in [5.74, 6) is 1.53. The Hall–Kier alpha value is -2.61. The van der Waals surface area contributed by atoms with Crippen LogP contribution in [-0.4, -0.2) is 4.98 Å². The molecule has 0 amide bonds. The van der Waals surface area contributed by atoms with Gasteiger partial charge in [0, 0.05) is 16.4 Å². The predicted molar refractivity (Wildman–Crippen MR) is 92.4 cm³/mol. The van der Waals surface area contributed by atoms with Crippen molar-refractivity contribution in [2.45, 2.75) is 13.8 Å². The molecule has 2 unspecified atom stereocenters. The predicted octanol–water partition coefficient (Wildman–Crippen LogP) is 5.27. The number of hydrogen-bond acceptors (Lipinski definition) is 2. The zero-order valence-corrected chi connectivity index (χ0v) is 13.2. The largest absolute Gasteiger partial charge is 0.436 e. The van der Waals surface area contributed by atoms with Crippen LogP contribution < -0.4 is 0 Å². The fourth-order valence-corrected chi connectivity index (χ4v) is 3.96. The molecule has 0 fully saturated rings. The molecule has 2 aromatic rings. The number of allylic oxidation sites excluding steroid dienone is 6. The average Bonchev–Trinajstić information content (AvgIpc) is 3.12. The molecule has 0 radical (unpaired) electrons. The lowest BCUT2D eigenvalue weighted by Crippen LogP contribution is -2.29. The quantitative estimate of drug-likeness (QED) is 0.716. The molecule has 2 heteroatoms. The van der Waals surface area contributed by atoms with Crippen molar-refractivity contribution in [1.82, 2.24) is 4.98 Å². The third kappa shape index (κ3) is 1.51. The molecule has 0 bridgehead atoms. The Labute approximate surface area is 135 Å². The minimum absolute atomic E-state index is 0.0108. The summed E-state index contributed by atoms with van der Waals surface area (Å²) in [6, 6.07) is 10.1. The third-order valence-electron chi connectivity index (χ3n) is 5.73. The van der Waals surface area contributed by atoms with E-state index in [0.29, 0.717) is 5.89 Å². The van der Waals surface area contributed by atoms with E-state index < -0.39 is 0 Å². The topological polar surface area (TPSA) is 26.0 Å². The molecule has 1 aromatic heterocycles. The molecule has 0 saturated heterocycles. The average molecular weight is 299 g/mol. The lowest BCUT2D eigenvalue weighted by Gasteiger charge is -2.36. The van der Waals surface area contributed by atoms with Crippen LogP contribution in [0.25, 0.3) is 23.6 Å². The van der Waals surface area contributed by atoms with E-state index in [0.717, 1.165) is 17.0 Å². The summed E-state index contributed by atoms with van der Waals surface area (Å²) in [7, 11) is 0. The molecular weight excluding hydrogens is 282 g/mol. The molecule has 5 rings (SSSR count). The van der Waals surface area contributed by atoms with E-state index >= 15 is 0 Å². The second-order valence-corrected chi connectivity index (χ2v) is 6.91. The summed E-state index contributed by atoms with van der Waals surface area (Å²) < 4.78 is 6.08. The lowest BCUT2D eigenvalue weighted by molar-refractivity contribution is 0.328. The minimum atomic E-state index is -0.0108. The minimum Gasteiger partial charge on any atom is -0.436 e. The Morgan fingerprint density at radius 3 is 2.35 bits per heavy atom. The standard InChI is InChI=1S/C21H17NO/c1-20-10-8-15-12-17-18(13-16(9-11-20)21(15,20)2)23-19(22-17)14-6-4-3-5-7-14/h3-13H,1-2H3. The van der Waals surface area contributed by atoms with E-state index in [9.17, 15) is 0 Å². The first-order valence-corrected chi connectivity index (χ1v) is 7.99. The fourth-order valence-electron chi connectivity index (χ4n) is 3.96. The Kier molecular flexibility index (Phi) is 2.25. The molecule has 3 aliphatic rings. The van der Waals surface area contributed by atoms with Crippen molar-refractivity contribution in [2.24, 2.45) is 10.8 Å². The summed E-state index contributed by atoms with van der Waals surface area (Å²) in [5.41, 5.74) is 4.58. The first kappa shape index (κ1) is 12.9. The summed E-state index contributed by atoms with van der Waals surface area (Å²) >= 11 is 0. The van der Waals surface area contributed by atoms with Crippen LogP contribution in [0.2, 0.25) is 0 Å². The van der Waals surface area contributed by atoms with Gasteiger partial charge in [-0.15, -0.1) is 0 Å². The Morgan fingerprint density at radius 2 is 1.61 bits per heavy atom. The van der Waals surface area contributed by atoms with Gasteiger partial charge in [-0.3, -0.25) is 0 Å². The zero-order chi connectivity index (χ0) is 15.7. The van der Waals surface area contributed by atoms with E-state index in [4.69, 9.17) is 9.40 Å². The van der Waals surface area contributed by atoms with Gasteiger partial charge in [0.25, 0.3) is 0 Å². The number of oxazole rings is 1. The van der Waals surface area contributed by atoms with Gasteiger partial charge in [0.15, 0.2) is 5.76 Å². The smallest absolute Gasteiger partial charge is 0.227 e. The van der Waals surface area contributed by atoms with E-state index in [-0.39, 0.29) is 10.8 Å². The number of aromatic nitrogens is 1. The van der Waals surface area contributed by atoms with Crippen LogP contribution in [0.15, 0.2) is 70.2 Å². The number of hydrogen-bond donors (Lipinski definition) is 0. The highest BCUT2D eigenvalue weighted by Gasteiger charge is 2.52. The van der Waals surface area contributed by atoms with E-state index in [2.05, 4.69) is 50.3 Å². The van der Waals surface area contributed by atoms with Crippen LogP contribution >= 0.6 is 0 Å². The van der Waals surface area contributed by atoms with Gasteiger partial charge >= 0.3 is 0 Å². The molecular formula is C21H17NO. The summed E-state index contributed by atoms with van der Waals surface area (Å²) in [4.78, 5) is 4.73. The molecule has 1 aromatic carbocycles. The second-order valence-electron chi connectivity index (χ2n) is 6.91. The highest BCUT2D eigenvalue weighted by Crippen LogP contribution is 2.62. The van der Waals surface area contributed by atoms with Crippen molar-refractivity contribution in [3.8, 4) is 11.5 Å². The van der Waals surface area contributed by atoms with Crippen LogP contribution in [0.5, 0.6) is 0 Å². The second kappa shape index (κ2) is 4.02. The van der Waals surface area contributed by atoms with Crippen molar-refractivity contribution in [2.75, 3.05) is 0 Å². The number of rotatable bonds is 1. The van der Waals surface area contributed by atoms with Crippen LogP contribution in [0, 0.1) is 10.8 Å². The molecule has 3 aliphatic carbocycles. The number of benzene rings is 1. The molecule has 112 valence electrons. The molecule has 0 spiro atoms. The van der Waals surface area contributed by atoms with Crippen molar-refractivity contribution in [3.63, 3.8) is 0 Å². The normalized spacial score (nSPS) is 29.8. The van der Waals surface area contributed by atoms with Crippen molar-refractivity contribution >= 4 is 12.2 Å². The van der Waals surface area contributed by atoms with E-state index in [1.165, 1.54) is 11.1 Å². The van der Waals surface area contributed by atoms with Gasteiger partial charge in [-0.2, -0.15) is 0 Å². The maximum Gasteiger partial charge on any atom is 0.227 e. The first-order valence-electron chi connectivity index (χ1n) is 7.99. The Bertz CT molecular complexity index is 888. The maximum absolute atomic E-state index is 6.08. The molecule has 0 N–H and O–H groups in total. The van der Waals surface area contributed by atoms with Gasteiger partial charge in [0.2, 0.25) is 5.89 Å². The van der Waals surface area contributed by atoms with Gasteiger partial charge in [0.05, 0.1) is 0 Å². The van der Waals surface area contributed by atoms with Crippen molar-refractivity contribution in [1.29, 1.82) is 0 Å². The van der Waals surface area contributed by atoms with Crippen LogP contribution in [-0.2, 0) is 0 Å². The van der Waals surface area contributed by atoms with Crippen molar-refractivity contribution < 1.29 is 4.42 Å². The molecule has 2 nitrogen and oxygen atoms in total. The highest BCUT2D eigenvalue weighted by atomic mass is 16.4. The summed E-state index contributed by atoms with van der Waals surface area (Å²) in [6.07, 6.45) is 13.4. The summed E-state index contributed by atoms with van der Waals surface area (Å²) in [6.45, 7) is 4.60. The molecule has 2 atom stereocenters. The third-order valence-corrected chi connectivity index (χ3v) is 5.73. The zero-order valence-electron chi connectivity index (χ0n) is 13.2. The maximum atomic E-state index is 6.08. The van der Waals surface area contributed by atoms with Crippen LogP contribution in [0.4, 0.5) is 0 Å². The SMILES string of the molecule is CC12C=CC3=Cc4nc(-c5ccccc5)oc4C=C(C=C1)C32C. The molecule has 1 heterocycles. The Morgan fingerprint density at radius 1 is 0.913 bits per heavy atom. The summed E-state index contributed by atoms with van der Waals surface area (Å²) in [5, 5.41) is 0. The van der Waals surface area contributed by atoms with Gasteiger partial charge in [-0.05, 0) is 35.4 Å². The van der Waals surface area contributed by atoms with Gasteiger partial charge in [-0.1, -0.05) is 56.4 Å². The molecule has 0 aliphatic heterocycles. The van der Waals surface area contributed by atoms with Gasteiger partial charge in [-0.25, -0.2) is 4.98 Å². The van der Waals surface area contributed by atoms with Gasteiger partial charge < -0.3 is 4.42 Å². The van der Waals surface area contributed by atoms with E-state index in [1.54, 1.807) is 0 Å². The van der Waals surface area contributed by atoms with Crippen LogP contribution in [0.3, 0.4) is 0 Å². The monoisotopic (exact) mass is 299 g/mol. The lowest BCUT2D eigenvalue weighted by atomic mass is 9.66. The number of nitrogens with zero attached hydrogens (tertiary/aromatic N) is 1. The number of fused-ring (bicyclic) bond motifs is 1. The Balaban J connectivity index is 1.72. The first-order chi connectivity index (χ1) is 11.1. The molecule has 23 heavy (non-hydrogen) atoms. The fraction of sp³-hybridized carbons (Fsp3) is 0.190. The van der Waals surface area contributed by atoms with Gasteiger partial charge in [0.1, 0.15) is 5.69 Å². The van der Waals surface area contributed by atoms with Crippen molar-refractivity contribution in [3.05, 3.63) is 77.2 Å². The molecule has 0 saturated carbocycles. The van der Waals surface area contributed by atoms with E-state index in [1.807, 2.05) is 30.3 Å². The van der Waals surface area contributed by atoms with Crippen LogP contribution in [0.1, 0.15) is 25.3 Å². The highest BCUT2D eigenvalue weighted by molar-refractivity contribution is 5.77.